The van der Waals surface area contributed by atoms with Gasteiger partial charge < -0.3 is 9.84 Å². The van der Waals surface area contributed by atoms with Gasteiger partial charge in [0.25, 0.3) is 5.91 Å². The van der Waals surface area contributed by atoms with Crippen LogP contribution in [0.4, 0.5) is 5.69 Å². The van der Waals surface area contributed by atoms with Crippen molar-refractivity contribution in [3.05, 3.63) is 96.1 Å². The molecule has 0 bridgehead atoms. The van der Waals surface area contributed by atoms with E-state index in [1.54, 1.807) is 29.3 Å². The number of nitrogens with zero attached hydrogens (tertiary/aromatic N) is 2. The van der Waals surface area contributed by atoms with Crippen molar-refractivity contribution < 1.29 is 29.1 Å². The molecule has 2 heterocycles. The number of hydrogen-bond acceptors (Lipinski definition) is 6. The summed E-state index contributed by atoms with van der Waals surface area (Å²) in [6, 6.07) is 23.9. The topological polar surface area (TPSA) is 96.4 Å². The molecular formula is C29H28N2O6. The van der Waals surface area contributed by atoms with Crippen LogP contribution in [0.5, 0.6) is 5.75 Å². The second kappa shape index (κ2) is 10.5. The van der Waals surface area contributed by atoms with Crippen LogP contribution in [0.3, 0.4) is 0 Å². The molecule has 5 rings (SSSR count). The Kier molecular flexibility index (Phi) is 7.03. The Balaban J connectivity index is 1.51. The van der Waals surface area contributed by atoms with E-state index in [0.29, 0.717) is 18.0 Å². The summed E-state index contributed by atoms with van der Waals surface area (Å²) in [7, 11) is 0. The number of carboxylic acids is 1. The summed E-state index contributed by atoms with van der Waals surface area (Å²) in [5.41, 5.74) is 1.94. The summed E-state index contributed by atoms with van der Waals surface area (Å²) in [6.07, 6.45) is -0.443. The Morgan fingerprint density at radius 2 is 1.59 bits per heavy atom. The largest absolute Gasteiger partial charge is 0.494 e. The highest BCUT2D eigenvalue weighted by molar-refractivity contribution is 6.23. The van der Waals surface area contributed by atoms with E-state index in [9.17, 15) is 19.5 Å². The monoisotopic (exact) mass is 500 g/mol. The van der Waals surface area contributed by atoms with Crippen LogP contribution < -0.4 is 9.64 Å². The molecule has 2 aliphatic heterocycles. The molecule has 2 amide bonds. The number of anilines is 1. The molecule has 4 unspecified atom stereocenters. The number of carbonyl (C=O) groups is 3. The minimum absolute atomic E-state index is 0.252. The van der Waals surface area contributed by atoms with E-state index in [-0.39, 0.29) is 12.3 Å². The van der Waals surface area contributed by atoms with Crippen LogP contribution in [0.2, 0.25) is 0 Å². The number of rotatable bonds is 9. The number of amides is 2. The third kappa shape index (κ3) is 4.73. The summed E-state index contributed by atoms with van der Waals surface area (Å²) in [5.74, 6) is -2.02. The summed E-state index contributed by atoms with van der Waals surface area (Å²) >= 11 is 0. The Morgan fingerprint density at radius 1 is 0.946 bits per heavy atom. The third-order valence-corrected chi connectivity index (χ3v) is 6.71. The quantitative estimate of drug-likeness (QED) is 0.431. The van der Waals surface area contributed by atoms with Crippen LogP contribution >= 0.6 is 0 Å². The summed E-state index contributed by atoms with van der Waals surface area (Å²) in [5, 5.41) is 11.2. The van der Waals surface area contributed by atoms with Gasteiger partial charge in [0.15, 0.2) is 6.10 Å². The molecule has 4 atom stereocenters. The van der Waals surface area contributed by atoms with E-state index in [2.05, 4.69) is 0 Å². The number of ether oxygens (including phenoxy) is 1. The summed E-state index contributed by atoms with van der Waals surface area (Å²) in [4.78, 5) is 46.6. The molecule has 8 nitrogen and oxygen atoms in total. The van der Waals surface area contributed by atoms with E-state index in [1.807, 2.05) is 67.6 Å². The molecule has 0 aromatic heterocycles. The molecule has 190 valence electrons. The van der Waals surface area contributed by atoms with Crippen LogP contribution in [0.25, 0.3) is 0 Å². The first-order valence-corrected chi connectivity index (χ1v) is 12.4. The number of hydrogen-bond donors (Lipinski definition) is 1. The van der Waals surface area contributed by atoms with Gasteiger partial charge in [0.1, 0.15) is 5.75 Å². The van der Waals surface area contributed by atoms with E-state index in [1.165, 1.54) is 4.90 Å². The van der Waals surface area contributed by atoms with Gasteiger partial charge in [-0.3, -0.25) is 19.2 Å². The lowest BCUT2D eigenvalue weighted by Gasteiger charge is -2.33. The molecule has 0 radical (unpaired) electrons. The van der Waals surface area contributed by atoms with Gasteiger partial charge in [0.05, 0.1) is 36.7 Å². The predicted molar refractivity (Wildman–Crippen MR) is 136 cm³/mol. The van der Waals surface area contributed by atoms with Gasteiger partial charge in [-0.15, -0.1) is 0 Å². The average molecular weight is 501 g/mol. The second-order valence-corrected chi connectivity index (χ2v) is 9.15. The Labute approximate surface area is 215 Å². The lowest BCUT2D eigenvalue weighted by Crippen LogP contribution is -2.39. The number of carbonyl (C=O) groups excluding carboxylic acids is 2. The molecule has 2 aliphatic rings. The molecule has 37 heavy (non-hydrogen) atoms. The van der Waals surface area contributed by atoms with Crippen molar-refractivity contribution in [3.8, 4) is 5.75 Å². The number of aliphatic carboxylic acids is 1. The maximum absolute atomic E-state index is 13.8. The Bertz CT molecular complexity index is 1260. The first kappa shape index (κ1) is 24.7. The first-order chi connectivity index (χ1) is 18.0. The summed E-state index contributed by atoms with van der Waals surface area (Å²) < 4.78 is 5.62. The molecule has 2 saturated heterocycles. The van der Waals surface area contributed by atoms with Crippen LogP contribution in [0, 0.1) is 5.92 Å². The van der Waals surface area contributed by atoms with Crippen molar-refractivity contribution in [2.45, 2.75) is 38.0 Å². The lowest BCUT2D eigenvalue weighted by atomic mass is 9.89. The van der Waals surface area contributed by atoms with Crippen molar-refractivity contribution in [2.75, 3.05) is 11.5 Å². The minimum Gasteiger partial charge on any atom is -0.494 e. The van der Waals surface area contributed by atoms with E-state index in [4.69, 9.17) is 9.57 Å². The molecule has 3 aromatic carbocycles. The summed E-state index contributed by atoms with van der Waals surface area (Å²) in [6.45, 7) is 2.59. The first-order valence-electron chi connectivity index (χ1n) is 12.4. The fourth-order valence-corrected chi connectivity index (χ4v) is 5.07. The molecule has 0 aliphatic carbocycles. The molecular weight excluding hydrogens is 472 g/mol. The Hall–Kier alpha value is -4.01. The van der Waals surface area contributed by atoms with Crippen molar-refractivity contribution >= 4 is 23.5 Å². The maximum Gasteiger partial charge on any atom is 0.305 e. The highest BCUT2D eigenvalue weighted by Gasteiger charge is 2.61. The third-order valence-electron chi connectivity index (χ3n) is 6.71. The highest BCUT2D eigenvalue weighted by Crippen LogP contribution is 2.49. The molecule has 8 heteroatoms. The number of fused-ring (bicyclic) bond motifs is 1. The molecule has 0 saturated carbocycles. The van der Waals surface area contributed by atoms with E-state index < -0.39 is 36.0 Å². The maximum atomic E-state index is 13.8. The number of imide groups is 1. The average Bonchev–Trinajstić information content (AvgIpc) is 3.42. The van der Waals surface area contributed by atoms with Gasteiger partial charge in [-0.25, -0.2) is 4.90 Å². The molecule has 0 spiro atoms. The lowest BCUT2D eigenvalue weighted by molar-refractivity contribution is -0.197. The van der Waals surface area contributed by atoms with Crippen LogP contribution in [-0.2, 0) is 19.2 Å². The van der Waals surface area contributed by atoms with Crippen molar-refractivity contribution in [2.24, 2.45) is 5.92 Å². The van der Waals surface area contributed by atoms with Crippen LogP contribution in [-0.4, -0.2) is 40.7 Å². The normalized spacial score (nSPS) is 22.2. The highest BCUT2D eigenvalue weighted by atomic mass is 16.7. The van der Waals surface area contributed by atoms with Crippen molar-refractivity contribution in [3.63, 3.8) is 0 Å². The van der Waals surface area contributed by atoms with Gasteiger partial charge in [-0.2, -0.15) is 5.06 Å². The fourth-order valence-electron chi connectivity index (χ4n) is 5.07. The van der Waals surface area contributed by atoms with Crippen molar-refractivity contribution in [1.82, 2.24) is 5.06 Å². The van der Waals surface area contributed by atoms with Crippen LogP contribution in [0.15, 0.2) is 84.9 Å². The number of hydroxylamine groups is 2. The zero-order valence-corrected chi connectivity index (χ0v) is 20.4. The molecule has 2 fully saturated rings. The number of carboxylic acid groups (broad SMARTS) is 1. The predicted octanol–water partition coefficient (Wildman–Crippen LogP) is 4.54. The SMILES string of the molecule is CCCOc1ccc(N2C(=O)C3ON(C(CC(=O)O)c4ccccc4)C(c4ccccc4)C3C2=O)cc1. The molecule has 1 N–H and O–H groups in total. The van der Waals surface area contributed by atoms with E-state index >= 15 is 0 Å². The van der Waals surface area contributed by atoms with Crippen molar-refractivity contribution in [1.29, 1.82) is 0 Å². The van der Waals surface area contributed by atoms with E-state index in [0.717, 1.165) is 17.5 Å². The van der Waals surface area contributed by atoms with Gasteiger partial charge in [0.2, 0.25) is 5.91 Å². The van der Waals surface area contributed by atoms with Crippen LogP contribution in [0.1, 0.15) is 43.0 Å². The fraction of sp³-hybridized carbons (Fsp3) is 0.276. The standard InChI is InChI=1S/C29H28N2O6/c1-2-17-36-22-15-13-21(14-16-22)30-28(34)25-26(20-11-7-4-8-12-20)31(37-27(25)29(30)35)23(18-24(32)33)19-9-5-3-6-10-19/h3-16,23,25-27H,2,17-18H2,1H3,(H,32,33). The zero-order chi connectivity index (χ0) is 25.9. The van der Waals surface area contributed by atoms with Gasteiger partial charge in [-0.05, 0) is 41.8 Å². The smallest absolute Gasteiger partial charge is 0.305 e. The Morgan fingerprint density at radius 3 is 2.22 bits per heavy atom. The number of benzene rings is 3. The van der Waals surface area contributed by atoms with Gasteiger partial charge >= 0.3 is 5.97 Å². The van der Waals surface area contributed by atoms with Gasteiger partial charge in [-0.1, -0.05) is 67.6 Å². The molecule has 3 aromatic rings. The minimum atomic E-state index is -1.06. The zero-order valence-electron chi connectivity index (χ0n) is 20.4. The van der Waals surface area contributed by atoms with Gasteiger partial charge in [0, 0.05) is 0 Å². The second-order valence-electron chi connectivity index (χ2n) is 9.15.